The van der Waals surface area contributed by atoms with Crippen LogP contribution in [0.15, 0.2) is 17.2 Å². The van der Waals surface area contributed by atoms with Crippen LogP contribution < -0.4 is 10.9 Å². The largest absolute Gasteiger partial charge is 0.480 e. The molecule has 0 aromatic carbocycles. The van der Waals surface area contributed by atoms with Crippen LogP contribution in [0.4, 0.5) is 5.82 Å². The van der Waals surface area contributed by atoms with Crippen molar-refractivity contribution >= 4 is 11.8 Å². The molecule has 1 rings (SSSR count). The number of aliphatic carboxylic acids is 1. The zero-order chi connectivity index (χ0) is 9.84. The summed E-state index contributed by atoms with van der Waals surface area (Å²) in [5.41, 5.74) is -0.344. The summed E-state index contributed by atoms with van der Waals surface area (Å²) in [4.78, 5) is 25.1. The number of rotatable bonds is 3. The van der Waals surface area contributed by atoms with Gasteiger partial charge in [0.15, 0.2) is 5.82 Å². The van der Waals surface area contributed by atoms with Gasteiger partial charge in [-0.3, -0.25) is 9.59 Å². The molecule has 6 nitrogen and oxygen atoms in total. The van der Waals surface area contributed by atoms with Crippen LogP contribution in [0.3, 0.4) is 0 Å². The molecule has 0 saturated carbocycles. The van der Waals surface area contributed by atoms with Gasteiger partial charge in [0.25, 0.3) is 5.56 Å². The second-order valence-corrected chi connectivity index (χ2v) is 2.44. The molecular weight excluding hydrogens is 174 g/mol. The number of aryl methyl sites for hydroxylation is 1. The molecule has 6 heteroatoms. The molecule has 2 N–H and O–H groups in total. The van der Waals surface area contributed by atoms with Crippen LogP contribution in [0.2, 0.25) is 0 Å². The first-order valence-electron chi connectivity index (χ1n) is 3.58. The molecule has 0 spiro atoms. The molecule has 1 aromatic heterocycles. The smallest absolute Gasteiger partial charge is 0.322 e. The number of nitrogens with one attached hydrogen (secondary N) is 1. The lowest BCUT2D eigenvalue weighted by Crippen LogP contribution is -2.24. The molecule has 0 amide bonds. The SMILES string of the molecule is Cn1ccnc(NCC(=O)O)c1=O. The minimum Gasteiger partial charge on any atom is -0.480 e. The van der Waals surface area contributed by atoms with Crippen LogP contribution in [0.1, 0.15) is 0 Å². The number of carboxylic acid groups (broad SMARTS) is 1. The van der Waals surface area contributed by atoms with E-state index in [-0.39, 0.29) is 17.9 Å². The fourth-order valence-electron chi connectivity index (χ4n) is 0.778. The standard InChI is InChI=1S/C7H9N3O3/c1-10-3-2-8-6(7(10)13)9-4-5(11)12/h2-3H,4H2,1H3,(H,8,9)(H,11,12). The Morgan fingerprint density at radius 1 is 1.77 bits per heavy atom. The summed E-state index contributed by atoms with van der Waals surface area (Å²) in [6.45, 7) is -0.313. The molecule has 1 aromatic rings. The van der Waals surface area contributed by atoms with Crippen LogP contribution in [0.25, 0.3) is 0 Å². The van der Waals surface area contributed by atoms with Crippen LogP contribution in [-0.2, 0) is 11.8 Å². The third-order valence-electron chi connectivity index (χ3n) is 1.42. The van der Waals surface area contributed by atoms with Gasteiger partial charge in [0.05, 0.1) is 0 Å². The van der Waals surface area contributed by atoms with E-state index in [1.807, 2.05) is 0 Å². The van der Waals surface area contributed by atoms with Gasteiger partial charge in [-0.2, -0.15) is 0 Å². The average Bonchev–Trinajstić information content (AvgIpc) is 2.07. The molecule has 0 aliphatic carbocycles. The summed E-state index contributed by atoms with van der Waals surface area (Å²) in [6.07, 6.45) is 2.92. The van der Waals surface area contributed by atoms with Gasteiger partial charge in [-0.15, -0.1) is 0 Å². The first kappa shape index (κ1) is 9.24. The second-order valence-electron chi connectivity index (χ2n) is 2.44. The molecule has 0 unspecified atom stereocenters. The van der Waals surface area contributed by atoms with Crippen molar-refractivity contribution in [2.45, 2.75) is 0 Å². The fourth-order valence-corrected chi connectivity index (χ4v) is 0.778. The number of aromatic nitrogens is 2. The van der Waals surface area contributed by atoms with Crippen LogP contribution in [0, 0.1) is 0 Å². The van der Waals surface area contributed by atoms with E-state index < -0.39 is 5.97 Å². The van der Waals surface area contributed by atoms with E-state index in [0.717, 1.165) is 0 Å². The summed E-state index contributed by atoms with van der Waals surface area (Å²) in [7, 11) is 1.57. The lowest BCUT2D eigenvalue weighted by molar-refractivity contribution is -0.134. The minimum absolute atomic E-state index is 0.0485. The lowest BCUT2D eigenvalue weighted by atomic mass is 10.5. The van der Waals surface area contributed by atoms with E-state index in [4.69, 9.17) is 5.11 Å². The molecule has 1 heterocycles. The van der Waals surface area contributed by atoms with E-state index in [9.17, 15) is 9.59 Å². The van der Waals surface area contributed by atoms with Gasteiger partial charge >= 0.3 is 5.97 Å². The quantitative estimate of drug-likeness (QED) is 0.645. The van der Waals surface area contributed by atoms with Gasteiger partial charge in [-0.25, -0.2) is 4.98 Å². The molecule has 0 bridgehead atoms. The zero-order valence-corrected chi connectivity index (χ0v) is 7.02. The minimum atomic E-state index is -1.03. The maximum absolute atomic E-state index is 11.2. The molecule has 0 saturated heterocycles. The van der Waals surface area contributed by atoms with Crippen molar-refractivity contribution in [3.63, 3.8) is 0 Å². The predicted molar refractivity (Wildman–Crippen MR) is 45.6 cm³/mol. The number of carbonyl (C=O) groups is 1. The Labute approximate surface area is 73.8 Å². The number of nitrogens with zero attached hydrogens (tertiary/aromatic N) is 2. The van der Waals surface area contributed by atoms with Crippen molar-refractivity contribution in [2.75, 3.05) is 11.9 Å². The van der Waals surface area contributed by atoms with Crippen molar-refractivity contribution in [1.29, 1.82) is 0 Å². The third kappa shape index (κ3) is 2.29. The van der Waals surface area contributed by atoms with Gasteiger partial charge in [0.1, 0.15) is 6.54 Å². The first-order chi connectivity index (χ1) is 6.11. The van der Waals surface area contributed by atoms with Crippen molar-refractivity contribution in [3.8, 4) is 0 Å². The summed E-state index contributed by atoms with van der Waals surface area (Å²) in [5, 5.41) is 10.7. The first-order valence-corrected chi connectivity index (χ1v) is 3.58. The van der Waals surface area contributed by atoms with E-state index in [2.05, 4.69) is 10.3 Å². The molecule has 0 atom stereocenters. The van der Waals surface area contributed by atoms with Gasteiger partial charge < -0.3 is 15.0 Å². The van der Waals surface area contributed by atoms with Gasteiger partial charge in [-0.05, 0) is 0 Å². The fraction of sp³-hybridized carbons (Fsp3) is 0.286. The molecular formula is C7H9N3O3. The van der Waals surface area contributed by atoms with Crippen molar-refractivity contribution < 1.29 is 9.90 Å². The van der Waals surface area contributed by atoms with Crippen LogP contribution >= 0.6 is 0 Å². The molecule has 13 heavy (non-hydrogen) atoms. The number of carboxylic acids is 1. The van der Waals surface area contributed by atoms with Crippen molar-refractivity contribution in [1.82, 2.24) is 9.55 Å². The van der Waals surface area contributed by atoms with Crippen LogP contribution in [0.5, 0.6) is 0 Å². The second kappa shape index (κ2) is 3.70. The maximum atomic E-state index is 11.2. The normalized spacial score (nSPS) is 9.62. The third-order valence-corrected chi connectivity index (χ3v) is 1.42. The Hall–Kier alpha value is -1.85. The van der Waals surface area contributed by atoms with Gasteiger partial charge in [-0.1, -0.05) is 0 Å². The summed E-state index contributed by atoms with van der Waals surface area (Å²) in [6, 6.07) is 0. The Morgan fingerprint density at radius 3 is 3.08 bits per heavy atom. The Kier molecular flexibility index (Phi) is 2.63. The number of hydrogen-bond acceptors (Lipinski definition) is 4. The molecule has 0 radical (unpaired) electrons. The topological polar surface area (TPSA) is 84.2 Å². The van der Waals surface area contributed by atoms with Gasteiger partial charge in [0.2, 0.25) is 0 Å². The molecule has 0 aliphatic rings. The summed E-state index contributed by atoms with van der Waals surface area (Å²) in [5.74, 6) is -0.986. The summed E-state index contributed by atoms with van der Waals surface area (Å²) < 4.78 is 1.32. The van der Waals surface area contributed by atoms with E-state index in [1.165, 1.54) is 17.0 Å². The highest BCUT2D eigenvalue weighted by Crippen LogP contribution is 1.89. The predicted octanol–water partition coefficient (Wildman–Crippen LogP) is -0.723. The van der Waals surface area contributed by atoms with Crippen molar-refractivity contribution in [2.24, 2.45) is 7.05 Å². The Bertz CT molecular complexity index is 371. The van der Waals surface area contributed by atoms with Gasteiger partial charge in [0, 0.05) is 19.4 Å². The Morgan fingerprint density at radius 2 is 2.46 bits per heavy atom. The maximum Gasteiger partial charge on any atom is 0.322 e. The highest BCUT2D eigenvalue weighted by Gasteiger charge is 2.02. The van der Waals surface area contributed by atoms with E-state index in [0.29, 0.717) is 0 Å². The Balaban J connectivity index is 2.84. The molecule has 0 aliphatic heterocycles. The average molecular weight is 183 g/mol. The van der Waals surface area contributed by atoms with E-state index >= 15 is 0 Å². The summed E-state index contributed by atoms with van der Waals surface area (Å²) >= 11 is 0. The van der Waals surface area contributed by atoms with Crippen molar-refractivity contribution in [3.05, 3.63) is 22.7 Å². The molecule has 0 fully saturated rings. The number of anilines is 1. The van der Waals surface area contributed by atoms with E-state index in [1.54, 1.807) is 7.05 Å². The van der Waals surface area contributed by atoms with Crippen LogP contribution in [-0.4, -0.2) is 27.2 Å². The lowest BCUT2D eigenvalue weighted by Gasteiger charge is -2.02. The highest BCUT2D eigenvalue weighted by molar-refractivity contribution is 5.72. The number of hydrogen-bond donors (Lipinski definition) is 2. The zero-order valence-electron chi connectivity index (χ0n) is 7.02. The monoisotopic (exact) mass is 183 g/mol. The molecule has 70 valence electrons. The highest BCUT2D eigenvalue weighted by atomic mass is 16.4.